The van der Waals surface area contributed by atoms with Crippen LogP contribution in [0.5, 0.6) is 0 Å². The summed E-state index contributed by atoms with van der Waals surface area (Å²) < 4.78 is 28.6. The molecule has 1 unspecified atom stereocenters. The Morgan fingerprint density at radius 3 is 2.47 bits per heavy atom. The van der Waals surface area contributed by atoms with E-state index in [0.717, 1.165) is 32.2 Å². The van der Waals surface area contributed by atoms with Gasteiger partial charge in [-0.05, 0) is 38.1 Å². The van der Waals surface area contributed by atoms with Crippen LogP contribution in [-0.4, -0.2) is 55.8 Å². The van der Waals surface area contributed by atoms with Gasteiger partial charge in [-0.2, -0.15) is 17.0 Å². The molecule has 2 rings (SSSR count). The number of hydrogen-bond acceptors (Lipinski definition) is 3. The van der Waals surface area contributed by atoms with E-state index >= 15 is 0 Å². The van der Waals surface area contributed by atoms with Crippen LogP contribution in [0.2, 0.25) is 0 Å². The van der Waals surface area contributed by atoms with Crippen LogP contribution >= 0.6 is 0 Å². The number of likely N-dealkylation sites (N-methyl/N-ethyl adjacent to an activating group) is 1. The lowest BCUT2D eigenvalue weighted by molar-refractivity contribution is 0.261. The van der Waals surface area contributed by atoms with Crippen LogP contribution < -0.4 is 5.32 Å². The first-order chi connectivity index (χ1) is 9.04. The highest BCUT2D eigenvalue weighted by Crippen LogP contribution is 2.21. The zero-order valence-corrected chi connectivity index (χ0v) is 13.0. The molecule has 0 radical (unpaired) electrons. The molecule has 0 bridgehead atoms. The van der Waals surface area contributed by atoms with E-state index in [0.29, 0.717) is 38.1 Å². The van der Waals surface area contributed by atoms with Gasteiger partial charge in [-0.25, -0.2) is 0 Å². The summed E-state index contributed by atoms with van der Waals surface area (Å²) in [7, 11) is -3.26. The molecule has 1 atom stereocenters. The minimum absolute atomic E-state index is 0.332. The quantitative estimate of drug-likeness (QED) is 0.823. The van der Waals surface area contributed by atoms with Crippen molar-refractivity contribution in [3.05, 3.63) is 0 Å². The second kappa shape index (κ2) is 6.52. The highest BCUT2D eigenvalue weighted by Gasteiger charge is 2.32. The second-order valence-electron chi connectivity index (χ2n) is 5.83. The molecule has 0 spiro atoms. The van der Waals surface area contributed by atoms with Gasteiger partial charge >= 0.3 is 0 Å². The Morgan fingerprint density at radius 2 is 1.95 bits per heavy atom. The highest BCUT2D eigenvalue weighted by atomic mass is 32.2. The summed E-state index contributed by atoms with van der Waals surface area (Å²) in [4.78, 5) is 0. The van der Waals surface area contributed by atoms with Gasteiger partial charge in [0.05, 0.1) is 0 Å². The SMILES string of the molecule is CCN(CC1CCCN1)S(=O)(=O)N1CCC(C)CC1. The second-order valence-corrected chi connectivity index (χ2v) is 7.76. The first-order valence-corrected chi connectivity index (χ1v) is 8.92. The van der Waals surface area contributed by atoms with Crippen molar-refractivity contribution in [3.8, 4) is 0 Å². The zero-order valence-electron chi connectivity index (χ0n) is 12.1. The van der Waals surface area contributed by atoms with Gasteiger partial charge in [0.2, 0.25) is 0 Å². The van der Waals surface area contributed by atoms with Crippen molar-refractivity contribution >= 4 is 10.2 Å². The van der Waals surface area contributed by atoms with E-state index in [2.05, 4.69) is 12.2 Å². The highest BCUT2D eigenvalue weighted by molar-refractivity contribution is 7.86. The molecular formula is C13H27N3O2S. The lowest BCUT2D eigenvalue weighted by Gasteiger charge is -2.34. The number of piperidine rings is 1. The van der Waals surface area contributed by atoms with E-state index in [1.807, 2.05) is 6.92 Å². The first kappa shape index (κ1) is 15.2. The third kappa shape index (κ3) is 3.68. The molecule has 6 heteroatoms. The number of rotatable bonds is 5. The number of nitrogens with zero attached hydrogens (tertiary/aromatic N) is 2. The minimum atomic E-state index is -3.26. The lowest BCUT2D eigenvalue weighted by atomic mass is 10.0. The number of hydrogen-bond donors (Lipinski definition) is 1. The average Bonchev–Trinajstić information content (AvgIpc) is 2.89. The smallest absolute Gasteiger partial charge is 0.282 e. The molecule has 0 aromatic heterocycles. The lowest BCUT2D eigenvalue weighted by Crippen LogP contribution is -2.50. The monoisotopic (exact) mass is 289 g/mol. The molecular weight excluding hydrogens is 262 g/mol. The maximum absolute atomic E-state index is 12.6. The maximum Gasteiger partial charge on any atom is 0.282 e. The molecule has 112 valence electrons. The molecule has 0 saturated carbocycles. The van der Waals surface area contributed by atoms with Gasteiger partial charge in [-0.1, -0.05) is 13.8 Å². The molecule has 2 saturated heterocycles. The summed E-state index contributed by atoms with van der Waals surface area (Å²) >= 11 is 0. The van der Waals surface area contributed by atoms with E-state index in [1.54, 1.807) is 8.61 Å². The number of nitrogens with one attached hydrogen (secondary N) is 1. The molecule has 19 heavy (non-hydrogen) atoms. The summed E-state index contributed by atoms with van der Waals surface area (Å²) in [5.74, 6) is 0.651. The van der Waals surface area contributed by atoms with E-state index in [9.17, 15) is 8.42 Å². The van der Waals surface area contributed by atoms with Gasteiger partial charge in [0, 0.05) is 32.2 Å². The van der Waals surface area contributed by atoms with Crippen molar-refractivity contribution in [3.63, 3.8) is 0 Å². The third-order valence-corrected chi connectivity index (χ3v) is 6.41. The summed E-state index contributed by atoms with van der Waals surface area (Å²) in [5, 5.41) is 3.38. The molecule has 0 aliphatic carbocycles. The minimum Gasteiger partial charge on any atom is -0.313 e. The van der Waals surface area contributed by atoms with Gasteiger partial charge < -0.3 is 5.32 Å². The maximum atomic E-state index is 12.6. The van der Waals surface area contributed by atoms with Crippen LogP contribution in [0.25, 0.3) is 0 Å². The predicted octanol–water partition coefficient (Wildman–Crippen LogP) is 1.04. The first-order valence-electron chi connectivity index (χ1n) is 7.52. The fraction of sp³-hybridized carbons (Fsp3) is 1.00. The predicted molar refractivity (Wildman–Crippen MR) is 77.2 cm³/mol. The Morgan fingerprint density at radius 1 is 1.26 bits per heavy atom. The van der Waals surface area contributed by atoms with Crippen LogP contribution in [0.4, 0.5) is 0 Å². The van der Waals surface area contributed by atoms with Crippen molar-refractivity contribution in [2.24, 2.45) is 5.92 Å². The molecule has 2 heterocycles. The fourth-order valence-electron chi connectivity index (χ4n) is 2.92. The van der Waals surface area contributed by atoms with E-state index in [1.165, 1.54) is 0 Å². The Kier molecular flexibility index (Phi) is 5.22. The molecule has 0 aromatic rings. The third-order valence-electron chi connectivity index (χ3n) is 4.33. The fourth-order valence-corrected chi connectivity index (χ4v) is 4.62. The largest absolute Gasteiger partial charge is 0.313 e. The Labute approximate surface area is 117 Å². The summed E-state index contributed by atoms with van der Waals surface area (Å²) in [6, 6.07) is 0.332. The van der Waals surface area contributed by atoms with Gasteiger partial charge in [0.1, 0.15) is 0 Å². The molecule has 0 aromatic carbocycles. The molecule has 2 fully saturated rings. The van der Waals surface area contributed by atoms with E-state index < -0.39 is 10.2 Å². The van der Waals surface area contributed by atoms with Gasteiger partial charge in [0.25, 0.3) is 10.2 Å². The van der Waals surface area contributed by atoms with Crippen LogP contribution in [-0.2, 0) is 10.2 Å². The molecule has 0 amide bonds. The van der Waals surface area contributed by atoms with Crippen molar-refractivity contribution < 1.29 is 8.42 Å². The summed E-state index contributed by atoms with van der Waals surface area (Å²) in [6.45, 7) is 7.68. The standard InChI is InChI=1S/C13H27N3O2S/c1-3-15(11-13-5-4-8-14-13)19(17,18)16-9-6-12(2)7-10-16/h12-14H,3-11H2,1-2H3. The molecule has 1 N–H and O–H groups in total. The molecule has 5 nitrogen and oxygen atoms in total. The zero-order chi connectivity index (χ0) is 13.9. The van der Waals surface area contributed by atoms with Crippen molar-refractivity contribution in [2.75, 3.05) is 32.7 Å². The van der Waals surface area contributed by atoms with Crippen LogP contribution in [0.1, 0.15) is 39.5 Å². The van der Waals surface area contributed by atoms with Crippen molar-refractivity contribution in [2.45, 2.75) is 45.6 Å². The Hall–Kier alpha value is -0.170. The van der Waals surface area contributed by atoms with E-state index in [-0.39, 0.29) is 0 Å². The van der Waals surface area contributed by atoms with Crippen LogP contribution in [0, 0.1) is 5.92 Å². The summed E-state index contributed by atoms with van der Waals surface area (Å²) in [6.07, 6.45) is 4.21. The topological polar surface area (TPSA) is 52.7 Å². The molecule has 2 aliphatic rings. The summed E-state index contributed by atoms with van der Waals surface area (Å²) in [5.41, 5.74) is 0. The Bertz CT molecular complexity index is 371. The molecule has 2 aliphatic heterocycles. The van der Waals surface area contributed by atoms with Gasteiger partial charge in [-0.15, -0.1) is 0 Å². The van der Waals surface area contributed by atoms with Crippen LogP contribution in [0.3, 0.4) is 0 Å². The van der Waals surface area contributed by atoms with Crippen molar-refractivity contribution in [1.82, 2.24) is 13.9 Å². The van der Waals surface area contributed by atoms with Crippen molar-refractivity contribution in [1.29, 1.82) is 0 Å². The Balaban J connectivity index is 1.98. The van der Waals surface area contributed by atoms with Gasteiger partial charge in [0.15, 0.2) is 0 Å². The van der Waals surface area contributed by atoms with E-state index in [4.69, 9.17) is 0 Å². The normalized spacial score (nSPS) is 27.2. The van der Waals surface area contributed by atoms with Gasteiger partial charge in [-0.3, -0.25) is 0 Å². The average molecular weight is 289 g/mol. The van der Waals surface area contributed by atoms with Crippen LogP contribution in [0.15, 0.2) is 0 Å².